The Bertz CT molecular complexity index is 136. The van der Waals surface area contributed by atoms with Gasteiger partial charge in [0.05, 0.1) is 0 Å². The smallest absolute Gasteiger partial charge is 0.247 e. The van der Waals surface area contributed by atoms with Gasteiger partial charge in [-0.3, -0.25) is 4.79 Å². The van der Waals surface area contributed by atoms with Crippen LogP contribution in [0.1, 0.15) is 20.3 Å². The molecule has 0 bridgehead atoms. The number of aliphatic hydroxyl groups excluding tert-OH is 1. The Morgan fingerprint density at radius 1 is 1.55 bits per heavy atom. The molecule has 11 heavy (non-hydrogen) atoms. The van der Waals surface area contributed by atoms with Crippen LogP contribution in [0, 0.1) is 5.92 Å². The second-order valence-corrected chi connectivity index (χ2v) is 3.14. The van der Waals surface area contributed by atoms with E-state index in [4.69, 9.17) is 16.6 Å². The van der Waals surface area contributed by atoms with Crippen LogP contribution in [0.2, 0.25) is 0 Å². The molecule has 0 unspecified atom stereocenters. The minimum absolute atomic E-state index is 0.360. The lowest BCUT2D eigenvalue weighted by Gasteiger charge is -2.17. The average Bonchev–Trinajstić information content (AvgIpc) is 1.84. The van der Waals surface area contributed by atoms with E-state index < -0.39 is 18.1 Å². The van der Waals surface area contributed by atoms with Gasteiger partial charge in [0.25, 0.3) is 0 Å². The molecule has 1 amide bonds. The van der Waals surface area contributed by atoms with Crippen molar-refractivity contribution < 1.29 is 9.90 Å². The summed E-state index contributed by atoms with van der Waals surface area (Å²) in [6, 6.07) is -0.535. The van der Waals surface area contributed by atoms with Gasteiger partial charge in [-0.25, -0.2) is 0 Å². The van der Waals surface area contributed by atoms with Crippen molar-refractivity contribution in [2.24, 2.45) is 17.4 Å². The second kappa shape index (κ2) is 4.31. The molecular formula is C7H16N2O2. The number of hydrogen-bond acceptors (Lipinski definition) is 3. The lowest BCUT2D eigenvalue weighted by molar-refractivity contribution is -0.127. The molecule has 4 nitrogen and oxygen atoms in total. The lowest BCUT2D eigenvalue weighted by atomic mass is 10.00. The van der Waals surface area contributed by atoms with Gasteiger partial charge in [-0.05, 0) is 12.3 Å². The number of hydrogen-bond donors (Lipinski definition) is 3. The highest BCUT2D eigenvalue weighted by Gasteiger charge is 2.20. The van der Waals surface area contributed by atoms with Crippen LogP contribution in [0.15, 0.2) is 0 Å². The Hall–Kier alpha value is -0.610. The first-order valence-corrected chi connectivity index (χ1v) is 3.68. The van der Waals surface area contributed by atoms with E-state index in [1.165, 1.54) is 0 Å². The maximum atomic E-state index is 10.4. The number of aliphatic hydroxyl groups is 1. The van der Waals surface area contributed by atoms with Crippen LogP contribution in [-0.2, 0) is 4.79 Å². The zero-order valence-electron chi connectivity index (χ0n) is 6.95. The summed E-state index contributed by atoms with van der Waals surface area (Å²) in [6.07, 6.45) is -0.609. The highest BCUT2D eigenvalue weighted by atomic mass is 16.3. The van der Waals surface area contributed by atoms with Crippen molar-refractivity contribution in [3.05, 3.63) is 0 Å². The van der Waals surface area contributed by atoms with Crippen LogP contribution in [0.4, 0.5) is 0 Å². The zero-order valence-corrected chi connectivity index (χ0v) is 6.95. The van der Waals surface area contributed by atoms with Gasteiger partial charge in [0.15, 0.2) is 0 Å². The van der Waals surface area contributed by atoms with Crippen molar-refractivity contribution in [3.8, 4) is 0 Å². The average molecular weight is 160 g/mol. The number of nitrogens with two attached hydrogens (primary N) is 2. The molecule has 0 aliphatic heterocycles. The molecule has 0 spiro atoms. The Morgan fingerprint density at radius 3 is 2.27 bits per heavy atom. The minimum Gasteiger partial charge on any atom is -0.382 e. The largest absolute Gasteiger partial charge is 0.382 e. The fourth-order valence-corrected chi connectivity index (χ4v) is 0.884. The summed E-state index contributed by atoms with van der Waals surface area (Å²) in [4.78, 5) is 10.4. The van der Waals surface area contributed by atoms with Crippen molar-refractivity contribution in [1.29, 1.82) is 0 Å². The van der Waals surface area contributed by atoms with Gasteiger partial charge in [0.1, 0.15) is 6.10 Å². The Balaban J connectivity index is 3.82. The summed E-state index contributed by atoms with van der Waals surface area (Å²) in [5.74, 6) is -0.392. The molecule has 66 valence electrons. The minimum atomic E-state index is -1.21. The zero-order chi connectivity index (χ0) is 9.02. The van der Waals surface area contributed by atoms with E-state index in [1.807, 2.05) is 13.8 Å². The maximum Gasteiger partial charge on any atom is 0.247 e. The van der Waals surface area contributed by atoms with E-state index in [2.05, 4.69) is 0 Å². The van der Waals surface area contributed by atoms with E-state index in [0.717, 1.165) is 0 Å². The molecule has 0 aliphatic carbocycles. The molecule has 5 N–H and O–H groups in total. The molecular weight excluding hydrogens is 144 g/mol. The van der Waals surface area contributed by atoms with Crippen LogP contribution in [0.5, 0.6) is 0 Å². The van der Waals surface area contributed by atoms with Crippen LogP contribution in [0.25, 0.3) is 0 Å². The van der Waals surface area contributed by atoms with E-state index in [0.29, 0.717) is 12.3 Å². The van der Waals surface area contributed by atoms with E-state index in [-0.39, 0.29) is 0 Å². The summed E-state index contributed by atoms with van der Waals surface area (Å²) in [7, 11) is 0. The van der Waals surface area contributed by atoms with Crippen molar-refractivity contribution in [2.45, 2.75) is 32.4 Å². The van der Waals surface area contributed by atoms with Crippen LogP contribution < -0.4 is 11.5 Å². The van der Waals surface area contributed by atoms with E-state index >= 15 is 0 Å². The maximum absolute atomic E-state index is 10.4. The van der Waals surface area contributed by atoms with Gasteiger partial charge in [0.2, 0.25) is 5.91 Å². The predicted octanol–water partition coefficient (Wildman–Crippen LogP) is -0.794. The molecule has 4 heteroatoms. The first-order valence-electron chi connectivity index (χ1n) is 3.68. The topological polar surface area (TPSA) is 89.3 Å². The third kappa shape index (κ3) is 3.95. The fourth-order valence-electron chi connectivity index (χ4n) is 0.884. The highest BCUT2D eigenvalue weighted by Crippen LogP contribution is 2.05. The molecule has 0 aromatic carbocycles. The molecule has 0 fully saturated rings. The SMILES string of the molecule is CC(C)C[C@H](N)[C@@H](O)C(N)=O. The van der Waals surface area contributed by atoms with E-state index in [1.54, 1.807) is 0 Å². The van der Waals surface area contributed by atoms with Gasteiger partial charge in [-0.1, -0.05) is 13.8 Å². The van der Waals surface area contributed by atoms with Gasteiger partial charge in [-0.2, -0.15) is 0 Å². The number of carbonyl (C=O) groups is 1. The fraction of sp³-hybridized carbons (Fsp3) is 0.857. The van der Waals surface area contributed by atoms with Crippen LogP contribution >= 0.6 is 0 Å². The van der Waals surface area contributed by atoms with Crippen molar-refractivity contribution >= 4 is 5.91 Å². The number of amides is 1. The lowest BCUT2D eigenvalue weighted by Crippen LogP contribution is -2.44. The van der Waals surface area contributed by atoms with Gasteiger partial charge in [-0.15, -0.1) is 0 Å². The molecule has 0 heterocycles. The quantitative estimate of drug-likeness (QED) is 0.503. The van der Waals surface area contributed by atoms with Gasteiger partial charge < -0.3 is 16.6 Å². The molecule has 0 saturated heterocycles. The summed E-state index contributed by atoms with van der Waals surface area (Å²) in [5, 5.41) is 9.04. The summed E-state index contributed by atoms with van der Waals surface area (Å²) in [5.41, 5.74) is 10.3. The summed E-state index contributed by atoms with van der Waals surface area (Å²) < 4.78 is 0. The van der Waals surface area contributed by atoms with Crippen molar-refractivity contribution in [1.82, 2.24) is 0 Å². The monoisotopic (exact) mass is 160 g/mol. The van der Waals surface area contributed by atoms with Crippen LogP contribution in [-0.4, -0.2) is 23.2 Å². The van der Waals surface area contributed by atoms with Crippen molar-refractivity contribution in [2.75, 3.05) is 0 Å². The molecule has 0 aromatic heterocycles. The molecule has 0 radical (unpaired) electrons. The normalized spacial score (nSPS) is 16.5. The third-order valence-corrected chi connectivity index (χ3v) is 1.44. The second-order valence-electron chi connectivity index (χ2n) is 3.14. The van der Waals surface area contributed by atoms with Crippen molar-refractivity contribution in [3.63, 3.8) is 0 Å². The number of primary amides is 1. The first kappa shape index (κ1) is 10.4. The Labute approximate surface area is 66.6 Å². The van der Waals surface area contributed by atoms with Crippen LogP contribution in [0.3, 0.4) is 0 Å². The Kier molecular flexibility index (Phi) is 4.07. The Morgan fingerprint density at radius 2 is 2.00 bits per heavy atom. The van der Waals surface area contributed by atoms with Gasteiger partial charge in [0, 0.05) is 6.04 Å². The highest BCUT2D eigenvalue weighted by molar-refractivity contribution is 5.79. The molecule has 0 saturated carbocycles. The standard InChI is InChI=1S/C7H16N2O2/c1-4(2)3-5(8)6(10)7(9)11/h4-6,10H,3,8H2,1-2H3,(H2,9,11)/t5-,6+/m0/s1. The third-order valence-electron chi connectivity index (χ3n) is 1.44. The first-order chi connectivity index (χ1) is 4.95. The summed E-state index contributed by atoms with van der Waals surface area (Å²) in [6.45, 7) is 3.93. The predicted molar refractivity (Wildman–Crippen MR) is 42.6 cm³/mol. The molecule has 0 aromatic rings. The van der Waals surface area contributed by atoms with Gasteiger partial charge >= 0.3 is 0 Å². The number of carbonyl (C=O) groups excluding carboxylic acids is 1. The molecule has 0 rings (SSSR count). The number of rotatable bonds is 4. The summed E-state index contributed by atoms with van der Waals surface area (Å²) >= 11 is 0. The van der Waals surface area contributed by atoms with E-state index in [9.17, 15) is 4.79 Å². The molecule has 0 aliphatic rings. The molecule has 2 atom stereocenters.